The minimum Gasteiger partial charge on any atom is -0.472 e. The molecular formula is C25H34N2O3. The highest BCUT2D eigenvalue weighted by molar-refractivity contribution is 5.94. The maximum absolute atomic E-state index is 13.0. The van der Waals surface area contributed by atoms with E-state index in [-0.39, 0.29) is 35.1 Å². The topological polar surface area (TPSA) is 62.6 Å². The summed E-state index contributed by atoms with van der Waals surface area (Å²) in [7, 11) is 0. The van der Waals surface area contributed by atoms with E-state index in [0.717, 1.165) is 5.56 Å². The van der Waals surface area contributed by atoms with Crippen molar-refractivity contribution < 1.29 is 14.0 Å². The monoisotopic (exact) mass is 410 g/mol. The van der Waals surface area contributed by atoms with Crippen LogP contribution in [0.4, 0.5) is 0 Å². The molecule has 3 rings (SSSR count). The van der Waals surface area contributed by atoms with Crippen LogP contribution in [0.2, 0.25) is 0 Å². The standard InChI is InChI=1S/C25H34N2O3/c1-17(2)22(18-6-8-21(9-7-18)25(3,4)5)26-23(28)19-10-13-27(14-11-19)24(29)20-12-15-30-16-20/h6-9,12,15-17,19,22H,10-11,13-14H2,1-5H3,(H,26,28)/t22-/m1/s1. The van der Waals surface area contributed by atoms with Gasteiger partial charge in [0.15, 0.2) is 0 Å². The predicted molar refractivity (Wildman–Crippen MR) is 118 cm³/mol. The van der Waals surface area contributed by atoms with E-state index >= 15 is 0 Å². The molecule has 1 aliphatic heterocycles. The lowest BCUT2D eigenvalue weighted by Crippen LogP contribution is -2.44. The molecule has 1 aromatic heterocycles. The molecule has 0 saturated carbocycles. The van der Waals surface area contributed by atoms with Gasteiger partial charge in [-0.2, -0.15) is 0 Å². The van der Waals surface area contributed by atoms with Gasteiger partial charge in [-0.1, -0.05) is 58.9 Å². The van der Waals surface area contributed by atoms with Crippen LogP contribution in [0.3, 0.4) is 0 Å². The van der Waals surface area contributed by atoms with Crippen LogP contribution in [0.25, 0.3) is 0 Å². The summed E-state index contributed by atoms with van der Waals surface area (Å²) in [6.45, 7) is 12.1. The van der Waals surface area contributed by atoms with Crippen LogP contribution in [0, 0.1) is 11.8 Å². The quantitative estimate of drug-likeness (QED) is 0.759. The zero-order valence-corrected chi connectivity index (χ0v) is 18.8. The second-order valence-corrected chi connectivity index (χ2v) is 9.68. The summed E-state index contributed by atoms with van der Waals surface area (Å²) in [5.41, 5.74) is 3.10. The lowest BCUT2D eigenvalue weighted by molar-refractivity contribution is -0.127. The first-order chi connectivity index (χ1) is 14.2. The summed E-state index contributed by atoms with van der Waals surface area (Å²) in [5, 5.41) is 3.27. The van der Waals surface area contributed by atoms with Crippen molar-refractivity contribution in [3.05, 3.63) is 59.5 Å². The maximum Gasteiger partial charge on any atom is 0.257 e. The first-order valence-corrected chi connectivity index (χ1v) is 10.9. The van der Waals surface area contributed by atoms with E-state index in [4.69, 9.17) is 4.42 Å². The van der Waals surface area contributed by atoms with Crippen molar-refractivity contribution in [1.82, 2.24) is 10.2 Å². The Bertz CT molecular complexity index is 840. The normalized spacial score (nSPS) is 16.5. The Balaban J connectivity index is 1.60. The Hall–Kier alpha value is -2.56. The van der Waals surface area contributed by atoms with Crippen LogP contribution in [-0.2, 0) is 10.2 Å². The number of nitrogens with one attached hydrogen (secondary N) is 1. The summed E-state index contributed by atoms with van der Waals surface area (Å²) in [6, 6.07) is 10.3. The third-order valence-electron chi connectivity index (χ3n) is 6.02. The van der Waals surface area contributed by atoms with E-state index in [0.29, 0.717) is 31.5 Å². The molecule has 1 fully saturated rings. The summed E-state index contributed by atoms with van der Waals surface area (Å²) in [4.78, 5) is 27.2. The Morgan fingerprint density at radius 2 is 1.70 bits per heavy atom. The van der Waals surface area contributed by atoms with Gasteiger partial charge in [0.2, 0.25) is 5.91 Å². The fourth-order valence-corrected chi connectivity index (χ4v) is 4.01. The van der Waals surface area contributed by atoms with Crippen LogP contribution in [0.5, 0.6) is 0 Å². The third kappa shape index (κ3) is 5.13. The van der Waals surface area contributed by atoms with Crippen molar-refractivity contribution in [1.29, 1.82) is 0 Å². The number of carbonyl (C=O) groups is 2. The Labute approximate surface area is 179 Å². The Kier molecular flexibility index (Phi) is 6.69. The third-order valence-corrected chi connectivity index (χ3v) is 6.02. The number of hydrogen-bond donors (Lipinski definition) is 1. The van der Waals surface area contributed by atoms with E-state index in [1.54, 1.807) is 11.0 Å². The highest BCUT2D eigenvalue weighted by Gasteiger charge is 2.30. The van der Waals surface area contributed by atoms with E-state index in [1.165, 1.54) is 18.1 Å². The summed E-state index contributed by atoms with van der Waals surface area (Å²) in [5.74, 6) is 0.288. The van der Waals surface area contributed by atoms with E-state index < -0.39 is 0 Å². The van der Waals surface area contributed by atoms with Crippen molar-refractivity contribution in [3.8, 4) is 0 Å². The van der Waals surface area contributed by atoms with Gasteiger partial charge in [0, 0.05) is 19.0 Å². The van der Waals surface area contributed by atoms with Crippen molar-refractivity contribution in [2.24, 2.45) is 11.8 Å². The van der Waals surface area contributed by atoms with Crippen LogP contribution in [0.15, 0.2) is 47.3 Å². The SMILES string of the molecule is CC(C)[C@@H](NC(=O)C1CCN(C(=O)c2ccoc2)CC1)c1ccc(C(C)(C)C)cc1. The minimum absolute atomic E-state index is 0.0166. The number of amides is 2. The second-order valence-electron chi connectivity index (χ2n) is 9.68. The number of piperidine rings is 1. The molecule has 0 unspecified atom stereocenters. The second kappa shape index (κ2) is 9.07. The number of nitrogens with zero attached hydrogens (tertiary/aromatic N) is 1. The summed E-state index contributed by atoms with van der Waals surface area (Å²) in [6.07, 6.45) is 4.35. The van der Waals surface area contributed by atoms with Gasteiger partial charge >= 0.3 is 0 Å². The van der Waals surface area contributed by atoms with Crippen molar-refractivity contribution in [2.45, 2.75) is 58.9 Å². The van der Waals surface area contributed by atoms with Crippen LogP contribution < -0.4 is 5.32 Å². The molecule has 0 spiro atoms. The first-order valence-electron chi connectivity index (χ1n) is 10.9. The van der Waals surface area contributed by atoms with Gasteiger partial charge in [0.1, 0.15) is 6.26 Å². The van der Waals surface area contributed by atoms with Crippen molar-refractivity contribution in [2.75, 3.05) is 13.1 Å². The summed E-state index contributed by atoms with van der Waals surface area (Å²) >= 11 is 0. The molecule has 2 aromatic rings. The number of benzene rings is 1. The molecule has 0 radical (unpaired) electrons. The Morgan fingerprint density at radius 1 is 1.07 bits per heavy atom. The van der Waals surface area contributed by atoms with E-state index in [9.17, 15) is 9.59 Å². The highest BCUT2D eigenvalue weighted by atomic mass is 16.3. The van der Waals surface area contributed by atoms with Gasteiger partial charge in [-0.3, -0.25) is 9.59 Å². The smallest absolute Gasteiger partial charge is 0.257 e. The molecule has 1 aliphatic rings. The van der Waals surface area contributed by atoms with E-state index in [2.05, 4.69) is 64.2 Å². The molecule has 2 heterocycles. The molecular weight excluding hydrogens is 376 g/mol. The van der Waals surface area contributed by atoms with Gasteiger partial charge in [-0.15, -0.1) is 0 Å². The fourth-order valence-electron chi connectivity index (χ4n) is 4.01. The summed E-state index contributed by atoms with van der Waals surface area (Å²) < 4.78 is 5.01. The van der Waals surface area contributed by atoms with E-state index in [1.807, 2.05) is 0 Å². The molecule has 1 saturated heterocycles. The van der Waals surface area contributed by atoms with Crippen LogP contribution in [0.1, 0.15) is 75.0 Å². The molecule has 1 aromatic carbocycles. The fraction of sp³-hybridized carbons (Fsp3) is 0.520. The van der Waals surface area contributed by atoms with Gasteiger partial charge in [0.05, 0.1) is 17.9 Å². The average molecular weight is 411 g/mol. The molecule has 1 atom stereocenters. The molecule has 0 bridgehead atoms. The molecule has 5 heteroatoms. The lowest BCUT2D eigenvalue weighted by Gasteiger charge is -2.33. The average Bonchev–Trinajstić information content (AvgIpc) is 3.25. The van der Waals surface area contributed by atoms with Gasteiger partial charge in [0.25, 0.3) is 5.91 Å². The molecule has 162 valence electrons. The van der Waals surface area contributed by atoms with Gasteiger partial charge < -0.3 is 14.6 Å². The van der Waals surface area contributed by atoms with Gasteiger partial charge in [-0.25, -0.2) is 0 Å². The molecule has 1 N–H and O–H groups in total. The molecule has 2 amide bonds. The lowest BCUT2D eigenvalue weighted by atomic mass is 9.85. The van der Waals surface area contributed by atoms with Gasteiger partial charge in [-0.05, 0) is 41.4 Å². The number of carbonyl (C=O) groups excluding carboxylic acids is 2. The number of furan rings is 1. The largest absolute Gasteiger partial charge is 0.472 e. The molecule has 5 nitrogen and oxygen atoms in total. The molecule has 0 aliphatic carbocycles. The number of hydrogen-bond acceptors (Lipinski definition) is 3. The number of likely N-dealkylation sites (tertiary alicyclic amines) is 1. The predicted octanol–water partition coefficient (Wildman–Crippen LogP) is 4.94. The van der Waals surface area contributed by atoms with Crippen LogP contribution in [-0.4, -0.2) is 29.8 Å². The zero-order valence-electron chi connectivity index (χ0n) is 18.8. The minimum atomic E-state index is -0.0616. The Morgan fingerprint density at radius 3 is 2.20 bits per heavy atom. The number of rotatable bonds is 5. The molecule has 30 heavy (non-hydrogen) atoms. The first kappa shape index (κ1) is 22.1. The van der Waals surface area contributed by atoms with Crippen LogP contribution >= 0.6 is 0 Å². The zero-order chi connectivity index (χ0) is 21.9. The van der Waals surface area contributed by atoms with Crippen molar-refractivity contribution in [3.63, 3.8) is 0 Å². The maximum atomic E-state index is 13.0. The van der Waals surface area contributed by atoms with Crippen molar-refractivity contribution >= 4 is 11.8 Å². The highest BCUT2D eigenvalue weighted by Crippen LogP contribution is 2.28.